The Balaban J connectivity index is 1.21. The standard InChI is InChI=1S/C51H48N2/c1-33-30-41(53(38-24-16-10-17-25-38)39-26-18-11-19-27-39)32-44-45(33)47-35(3)34(2)46-42-29-28-40(31-43(42)50(4,5)48(46)49(47)51(44,6)7)52(36-20-12-8-13-21-36)37-22-14-9-15-23-37/h8-32,42-43H,1-7H3. The zero-order valence-electron chi connectivity index (χ0n) is 32.0. The summed E-state index contributed by atoms with van der Waals surface area (Å²) in [5.41, 5.74) is 20.0. The smallest absolute Gasteiger partial charge is 0.0467 e. The maximum Gasteiger partial charge on any atom is 0.0467 e. The van der Waals surface area contributed by atoms with Gasteiger partial charge in [0.05, 0.1) is 0 Å². The lowest BCUT2D eigenvalue weighted by Crippen LogP contribution is -2.30. The molecule has 0 fully saturated rings. The highest BCUT2D eigenvalue weighted by atomic mass is 15.2. The first-order chi connectivity index (χ1) is 25.6. The van der Waals surface area contributed by atoms with Gasteiger partial charge in [0.25, 0.3) is 0 Å². The Hall–Kier alpha value is -5.60. The van der Waals surface area contributed by atoms with Gasteiger partial charge in [-0.05, 0) is 149 Å². The van der Waals surface area contributed by atoms with E-state index in [-0.39, 0.29) is 10.8 Å². The Morgan fingerprint density at radius 2 is 1.00 bits per heavy atom. The molecular weight excluding hydrogens is 641 g/mol. The quantitative estimate of drug-likeness (QED) is 0.172. The number of hydrogen-bond donors (Lipinski definition) is 0. The summed E-state index contributed by atoms with van der Waals surface area (Å²) in [6, 6.07) is 48.1. The minimum atomic E-state index is -0.186. The Bertz CT molecular complexity index is 2340. The van der Waals surface area contributed by atoms with E-state index in [0.29, 0.717) is 11.8 Å². The van der Waals surface area contributed by atoms with Gasteiger partial charge in [0, 0.05) is 45.5 Å². The highest BCUT2D eigenvalue weighted by molar-refractivity contribution is 5.92. The predicted octanol–water partition coefficient (Wildman–Crippen LogP) is 13.7. The van der Waals surface area contributed by atoms with Crippen molar-refractivity contribution < 1.29 is 0 Å². The number of anilines is 5. The Morgan fingerprint density at radius 1 is 0.509 bits per heavy atom. The second-order valence-electron chi connectivity index (χ2n) is 16.3. The molecule has 6 aromatic carbocycles. The molecule has 0 aromatic heterocycles. The molecule has 0 bridgehead atoms. The van der Waals surface area contributed by atoms with E-state index in [1.165, 1.54) is 73.1 Å². The molecule has 0 radical (unpaired) electrons. The van der Waals surface area contributed by atoms with E-state index in [9.17, 15) is 0 Å². The molecule has 2 unspecified atom stereocenters. The van der Waals surface area contributed by atoms with Crippen LogP contribution in [0.1, 0.15) is 72.6 Å². The van der Waals surface area contributed by atoms with Gasteiger partial charge in [0.15, 0.2) is 0 Å². The van der Waals surface area contributed by atoms with Gasteiger partial charge >= 0.3 is 0 Å². The van der Waals surface area contributed by atoms with E-state index >= 15 is 0 Å². The van der Waals surface area contributed by atoms with E-state index in [4.69, 9.17) is 0 Å². The number of fused-ring (bicyclic) bond motifs is 7. The maximum absolute atomic E-state index is 2.59. The number of para-hydroxylation sites is 4. The summed E-state index contributed by atoms with van der Waals surface area (Å²) in [4.78, 5) is 4.83. The van der Waals surface area contributed by atoms with E-state index in [0.717, 1.165) is 0 Å². The zero-order valence-corrected chi connectivity index (χ0v) is 32.0. The third kappa shape index (κ3) is 4.99. The van der Waals surface area contributed by atoms with Crippen LogP contribution in [0.3, 0.4) is 0 Å². The predicted molar refractivity (Wildman–Crippen MR) is 224 cm³/mol. The molecule has 0 spiro atoms. The van der Waals surface area contributed by atoms with Gasteiger partial charge in [0.2, 0.25) is 0 Å². The van der Waals surface area contributed by atoms with Gasteiger partial charge in [-0.25, -0.2) is 0 Å². The normalized spacial score (nSPS) is 18.4. The molecule has 2 atom stereocenters. The van der Waals surface area contributed by atoms with Crippen LogP contribution in [0, 0.1) is 26.7 Å². The largest absolute Gasteiger partial charge is 0.311 e. The van der Waals surface area contributed by atoms with E-state index in [1.807, 2.05) is 0 Å². The number of hydrogen-bond acceptors (Lipinski definition) is 2. The lowest BCUT2D eigenvalue weighted by molar-refractivity contribution is 0.387. The summed E-state index contributed by atoms with van der Waals surface area (Å²) in [5.74, 6) is 0.642. The number of aryl methyl sites for hydroxylation is 1. The molecule has 0 saturated heterocycles. The van der Waals surface area contributed by atoms with E-state index in [2.05, 4.69) is 210 Å². The van der Waals surface area contributed by atoms with Crippen molar-refractivity contribution in [1.29, 1.82) is 0 Å². The average molecular weight is 689 g/mol. The molecule has 3 aliphatic carbocycles. The molecule has 9 rings (SSSR count). The summed E-state index contributed by atoms with van der Waals surface area (Å²) < 4.78 is 0. The van der Waals surface area contributed by atoms with Crippen molar-refractivity contribution in [2.75, 3.05) is 9.80 Å². The van der Waals surface area contributed by atoms with Crippen LogP contribution < -0.4 is 9.80 Å². The molecule has 262 valence electrons. The minimum Gasteiger partial charge on any atom is -0.311 e. The van der Waals surface area contributed by atoms with Crippen LogP contribution >= 0.6 is 0 Å². The van der Waals surface area contributed by atoms with Crippen molar-refractivity contribution in [3.05, 3.63) is 196 Å². The Morgan fingerprint density at radius 3 is 1.51 bits per heavy atom. The lowest BCUT2D eigenvalue weighted by Gasteiger charge is -2.36. The zero-order chi connectivity index (χ0) is 36.6. The van der Waals surface area contributed by atoms with Crippen LogP contribution in [0.25, 0.3) is 11.1 Å². The number of rotatable bonds is 6. The minimum absolute atomic E-state index is 0.0895. The summed E-state index contributed by atoms with van der Waals surface area (Å²) >= 11 is 0. The fourth-order valence-electron chi connectivity index (χ4n) is 10.0. The number of benzene rings is 6. The molecule has 0 N–H and O–H groups in total. The maximum atomic E-state index is 2.59. The van der Waals surface area contributed by atoms with Gasteiger partial charge in [-0.2, -0.15) is 0 Å². The van der Waals surface area contributed by atoms with E-state index in [1.54, 1.807) is 11.1 Å². The van der Waals surface area contributed by atoms with Crippen molar-refractivity contribution in [3.63, 3.8) is 0 Å². The number of allylic oxidation sites excluding steroid dienone is 3. The topological polar surface area (TPSA) is 6.48 Å². The van der Waals surface area contributed by atoms with Gasteiger partial charge < -0.3 is 9.80 Å². The van der Waals surface area contributed by atoms with Crippen LogP contribution in [0.4, 0.5) is 28.4 Å². The molecular formula is C51H48N2. The molecule has 53 heavy (non-hydrogen) atoms. The average Bonchev–Trinajstić information content (AvgIpc) is 3.55. The first-order valence-corrected chi connectivity index (χ1v) is 19.1. The third-order valence-electron chi connectivity index (χ3n) is 12.6. The van der Waals surface area contributed by atoms with Crippen LogP contribution in [0.15, 0.2) is 157 Å². The summed E-state index contributed by atoms with van der Waals surface area (Å²) in [5, 5.41) is 0. The number of nitrogens with zero attached hydrogens (tertiary/aromatic N) is 2. The first kappa shape index (κ1) is 33.3. The molecule has 0 heterocycles. The van der Waals surface area contributed by atoms with Crippen LogP contribution in [-0.4, -0.2) is 0 Å². The highest BCUT2D eigenvalue weighted by Crippen LogP contribution is 2.64. The van der Waals surface area contributed by atoms with Gasteiger partial charge in [0.1, 0.15) is 0 Å². The molecule has 0 amide bonds. The van der Waals surface area contributed by atoms with Crippen LogP contribution in [0.5, 0.6) is 0 Å². The lowest BCUT2D eigenvalue weighted by atomic mass is 9.69. The Kier molecular flexibility index (Phi) is 7.68. The van der Waals surface area contributed by atoms with E-state index < -0.39 is 0 Å². The monoisotopic (exact) mass is 688 g/mol. The summed E-state index contributed by atoms with van der Waals surface area (Å²) in [6.45, 7) is 17.1. The van der Waals surface area contributed by atoms with Crippen molar-refractivity contribution in [3.8, 4) is 11.1 Å². The SMILES string of the molecule is Cc1cc(N(c2ccccc2)c2ccccc2)cc2c1-c1c(C)c(C)c3c(c1C2(C)C)C(C)(C)C1C=C(N(c2ccccc2)c2ccccc2)C=CC31. The Labute approximate surface area is 315 Å². The second kappa shape index (κ2) is 12.2. The molecule has 0 saturated carbocycles. The van der Waals surface area contributed by atoms with Crippen LogP contribution in [0.2, 0.25) is 0 Å². The first-order valence-electron chi connectivity index (χ1n) is 19.1. The van der Waals surface area contributed by atoms with Crippen molar-refractivity contribution in [1.82, 2.24) is 0 Å². The van der Waals surface area contributed by atoms with Crippen LogP contribution in [-0.2, 0) is 10.8 Å². The summed E-state index contributed by atoms with van der Waals surface area (Å²) in [7, 11) is 0. The molecule has 3 aliphatic rings. The van der Waals surface area contributed by atoms with Gasteiger partial charge in [-0.15, -0.1) is 0 Å². The fourth-order valence-corrected chi connectivity index (χ4v) is 10.0. The molecule has 0 aliphatic heterocycles. The molecule has 6 aromatic rings. The fraction of sp³-hybridized carbons (Fsp3) is 0.216. The van der Waals surface area contributed by atoms with Crippen molar-refractivity contribution in [2.24, 2.45) is 5.92 Å². The third-order valence-corrected chi connectivity index (χ3v) is 12.6. The summed E-state index contributed by atoms with van der Waals surface area (Å²) in [6.07, 6.45) is 7.48. The highest BCUT2D eigenvalue weighted by Gasteiger charge is 2.52. The second-order valence-corrected chi connectivity index (χ2v) is 16.3. The van der Waals surface area contributed by atoms with Crippen molar-refractivity contribution in [2.45, 2.75) is 65.2 Å². The van der Waals surface area contributed by atoms with Gasteiger partial charge in [-0.1, -0.05) is 113 Å². The molecule has 2 heteroatoms. The van der Waals surface area contributed by atoms with Gasteiger partial charge in [-0.3, -0.25) is 0 Å². The van der Waals surface area contributed by atoms with Crippen molar-refractivity contribution >= 4 is 28.4 Å². The molecule has 2 nitrogen and oxygen atoms in total.